The van der Waals surface area contributed by atoms with E-state index < -0.39 is 0 Å². The van der Waals surface area contributed by atoms with Crippen LogP contribution in [-0.2, 0) is 11.2 Å². The van der Waals surface area contributed by atoms with Crippen LogP contribution in [0.1, 0.15) is 23.0 Å². The van der Waals surface area contributed by atoms with Gasteiger partial charge in [-0.05, 0) is 17.7 Å². The van der Waals surface area contributed by atoms with Crippen molar-refractivity contribution in [3.05, 3.63) is 35.4 Å². The second kappa shape index (κ2) is 5.87. The Balaban J connectivity index is 1.89. The van der Waals surface area contributed by atoms with Gasteiger partial charge in [-0.25, -0.2) is 9.78 Å². The Bertz CT molecular complexity index is 793. The first-order valence-corrected chi connectivity index (χ1v) is 7.95. The zero-order valence-corrected chi connectivity index (χ0v) is 14.2. The first kappa shape index (κ1) is 15.6. The average molecular weight is 345 g/mol. The highest BCUT2D eigenvalue weighted by atomic mass is 16.6. The number of rotatable bonds is 4. The zero-order valence-electron chi connectivity index (χ0n) is 14.2. The Morgan fingerprint density at radius 2 is 1.92 bits per heavy atom. The van der Waals surface area contributed by atoms with E-state index in [9.17, 15) is 4.79 Å². The molecule has 2 atom stereocenters. The number of aromatic amines is 1. The molecule has 2 aliphatic rings. The lowest BCUT2D eigenvalue weighted by molar-refractivity contribution is 0.147. The minimum absolute atomic E-state index is 0.0236. The predicted molar refractivity (Wildman–Crippen MR) is 87.2 cm³/mol. The highest BCUT2D eigenvalue weighted by molar-refractivity contribution is 5.72. The molecule has 2 aliphatic heterocycles. The summed E-state index contributed by atoms with van der Waals surface area (Å²) in [5.41, 5.74) is 2.65. The van der Waals surface area contributed by atoms with Gasteiger partial charge in [-0.15, -0.1) is 0 Å². The Labute approximate surface area is 144 Å². The quantitative estimate of drug-likeness (QED) is 0.911. The van der Waals surface area contributed by atoms with E-state index in [-0.39, 0.29) is 18.2 Å². The maximum atomic E-state index is 12.3. The van der Waals surface area contributed by atoms with Crippen molar-refractivity contribution in [1.29, 1.82) is 0 Å². The number of nitrogens with zero attached hydrogens (tertiary/aromatic N) is 2. The number of fused-ring (bicyclic) bond motifs is 2. The van der Waals surface area contributed by atoms with Gasteiger partial charge in [-0.1, -0.05) is 0 Å². The number of amides is 1. The van der Waals surface area contributed by atoms with Gasteiger partial charge in [0.15, 0.2) is 11.5 Å². The van der Waals surface area contributed by atoms with Crippen LogP contribution in [0.25, 0.3) is 0 Å². The van der Waals surface area contributed by atoms with Crippen molar-refractivity contribution < 1.29 is 23.7 Å². The highest BCUT2D eigenvalue weighted by Crippen LogP contribution is 2.45. The fourth-order valence-corrected chi connectivity index (χ4v) is 3.62. The van der Waals surface area contributed by atoms with Crippen LogP contribution in [0.4, 0.5) is 4.79 Å². The Morgan fingerprint density at radius 1 is 1.20 bits per heavy atom. The van der Waals surface area contributed by atoms with Crippen LogP contribution in [0.5, 0.6) is 17.2 Å². The van der Waals surface area contributed by atoms with Gasteiger partial charge in [0.25, 0.3) is 0 Å². The van der Waals surface area contributed by atoms with E-state index in [1.807, 2.05) is 12.1 Å². The lowest BCUT2D eigenvalue weighted by atomic mass is 9.92. The molecule has 8 nitrogen and oxygen atoms in total. The molecule has 25 heavy (non-hydrogen) atoms. The second-order valence-electron chi connectivity index (χ2n) is 5.97. The summed E-state index contributed by atoms with van der Waals surface area (Å²) in [4.78, 5) is 21.7. The van der Waals surface area contributed by atoms with E-state index in [1.165, 1.54) is 0 Å². The molecule has 0 saturated carbocycles. The first-order chi connectivity index (χ1) is 12.2. The van der Waals surface area contributed by atoms with Gasteiger partial charge in [0.2, 0.25) is 5.75 Å². The molecule has 0 bridgehead atoms. The summed E-state index contributed by atoms with van der Waals surface area (Å²) in [6.45, 7) is 0.373. The summed E-state index contributed by atoms with van der Waals surface area (Å²) >= 11 is 0. The van der Waals surface area contributed by atoms with Crippen molar-refractivity contribution in [3.8, 4) is 17.2 Å². The van der Waals surface area contributed by atoms with Crippen LogP contribution < -0.4 is 14.2 Å². The molecule has 1 saturated heterocycles. The third-order valence-corrected chi connectivity index (χ3v) is 4.73. The molecule has 2 aromatic rings. The number of carbonyl (C=O) groups is 1. The first-order valence-electron chi connectivity index (χ1n) is 7.95. The number of imidazole rings is 1. The predicted octanol–water partition coefficient (Wildman–Crippen LogP) is 1.90. The largest absolute Gasteiger partial charge is 0.493 e. The molecule has 0 unspecified atom stereocenters. The van der Waals surface area contributed by atoms with Crippen LogP contribution in [0, 0.1) is 0 Å². The smallest absolute Gasteiger partial charge is 0.411 e. The number of nitrogens with one attached hydrogen (secondary N) is 1. The molecule has 1 N–H and O–H groups in total. The SMILES string of the molecule is COc1cc([C@@H]2c3nc[nH]c3C[C@H]3COC(=O)N32)cc(OC)c1OC. The lowest BCUT2D eigenvalue weighted by Crippen LogP contribution is -2.43. The number of carbonyl (C=O) groups excluding carboxylic acids is 1. The minimum atomic E-state index is -0.372. The molecule has 0 aliphatic carbocycles. The van der Waals surface area contributed by atoms with Gasteiger partial charge in [-0.3, -0.25) is 4.90 Å². The van der Waals surface area contributed by atoms with E-state index >= 15 is 0 Å². The van der Waals surface area contributed by atoms with Gasteiger partial charge in [0, 0.05) is 12.1 Å². The summed E-state index contributed by atoms with van der Waals surface area (Å²) < 4.78 is 21.6. The fraction of sp³-hybridized carbons (Fsp3) is 0.412. The van der Waals surface area contributed by atoms with Gasteiger partial charge >= 0.3 is 6.09 Å². The lowest BCUT2D eigenvalue weighted by Gasteiger charge is -2.35. The molecule has 0 radical (unpaired) electrons. The fourth-order valence-electron chi connectivity index (χ4n) is 3.62. The molecule has 3 heterocycles. The van der Waals surface area contributed by atoms with Crippen LogP contribution in [0.15, 0.2) is 18.5 Å². The van der Waals surface area contributed by atoms with Crippen LogP contribution in [-0.4, -0.2) is 54.9 Å². The number of benzene rings is 1. The van der Waals surface area contributed by atoms with Crippen LogP contribution in [0.3, 0.4) is 0 Å². The van der Waals surface area contributed by atoms with Gasteiger partial charge < -0.3 is 23.9 Å². The Hall–Kier alpha value is -2.90. The number of hydrogen-bond acceptors (Lipinski definition) is 6. The van der Waals surface area contributed by atoms with Crippen molar-refractivity contribution in [1.82, 2.24) is 14.9 Å². The topological polar surface area (TPSA) is 85.9 Å². The summed E-state index contributed by atoms with van der Waals surface area (Å²) in [6, 6.07) is 3.30. The van der Waals surface area contributed by atoms with Crippen LogP contribution >= 0.6 is 0 Å². The Kier molecular flexibility index (Phi) is 3.67. The molecule has 0 spiro atoms. The monoisotopic (exact) mass is 345 g/mol. The van der Waals surface area contributed by atoms with Crippen molar-refractivity contribution >= 4 is 6.09 Å². The van der Waals surface area contributed by atoms with E-state index in [4.69, 9.17) is 18.9 Å². The maximum Gasteiger partial charge on any atom is 0.411 e. The third-order valence-electron chi connectivity index (χ3n) is 4.73. The van der Waals surface area contributed by atoms with Crippen LogP contribution in [0.2, 0.25) is 0 Å². The van der Waals surface area contributed by atoms with Gasteiger partial charge in [0.05, 0.1) is 39.4 Å². The standard InChI is InChI=1S/C17H19N3O5/c1-22-12-4-9(5-13(23-2)16(12)24-3)15-14-11(18-8-19-14)6-10-7-25-17(21)20(10)15/h4-5,8,10,15H,6-7H2,1-3H3,(H,18,19)/t10-,15+/m0/s1. The number of cyclic esters (lactones) is 1. The van der Waals surface area contributed by atoms with Crippen molar-refractivity contribution in [3.63, 3.8) is 0 Å². The third kappa shape index (κ3) is 2.28. The molecule has 4 rings (SSSR count). The molecule has 132 valence electrons. The van der Waals surface area contributed by atoms with Crippen molar-refractivity contribution in [2.75, 3.05) is 27.9 Å². The minimum Gasteiger partial charge on any atom is -0.493 e. The van der Waals surface area contributed by atoms with E-state index in [0.717, 1.165) is 17.0 Å². The van der Waals surface area contributed by atoms with E-state index in [0.29, 0.717) is 30.3 Å². The summed E-state index contributed by atoms with van der Waals surface area (Å²) in [5, 5.41) is 0. The number of methoxy groups -OCH3 is 3. The number of ether oxygens (including phenoxy) is 4. The molecule has 1 amide bonds. The second-order valence-corrected chi connectivity index (χ2v) is 5.97. The van der Waals surface area contributed by atoms with Gasteiger partial charge in [-0.2, -0.15) is 0 Å². The zero-order chi connectivity index (χ0) is 17.6. The Morgan fingerprint density at radius 3 is 2.56 bits per heavy atom. The molecule has 1 fully saturated rings. The van der Waals surface area contributed by atoms with E-state index in [2.05, 4.69) is 9.97 Å². The summed E-state index contributed by atoms with van der Waals surface area (Å²) in [6.07, 6.45) is 2.02. The number of aromatic nitrogens is 2. The van der Waals surface area contributed by atoms with Crippen molar-refractivity contribution in [2.45, 2.75) is 18.5 Å². The average Bonchev–Trinajstić information content (AvgIpc) is 3.25. The summed E-state index contributed by atoms with van der Waals surface area (Å²) in [5.74, 6) is 1.57. The molecule has 1 aromatic heterocycles. The molecular formula is C17H19N3O5. The molecule has 1 aromatic carbocycles. The molecule has 8 heteroatoms. The highest BCUT2D eigenvalue weighted by Gasteiger charge is 2.45. The number of H-pyrrole nitrogens is 1. The number of hydrogen-bond donors (Lipinski definition) is 1. The van der Waals surface area contributed by atoms with Gasteiger partial charge in [0.1, 0.15) is 12.6 Å². The maximum absolute atomic E-state index is 12.3. The van der Waals surface area contributed by atoms with E-state index in [1.54, 1.807) is 32.6 Å². The normalized spacial score (nSPS) is 21.4. The van der Waals surface area contributed by atoms with Crippen molar-refractivity contribution in [2.24, 2.45) is 0 Å². The molecular weight excluding hydrogens is 326 g/mol. The summed E-state index contributed by atoms with van der Waals surface area (Å²) in [7, 11) is 4.68.